The second-order valence-corrected chi connectivity index (χ2v) is 10.3. The zero-order valence-electron chi connectivity index (χ0n) is 13.9. The molecule has 1 aromatic carbocycles. The van der Waals surface area contributed by atoms with Crippen molar-refractivity contribution < 1.29 is 27.9 Å². The third-order valence-electron chi connectivity index (χ3n) is 5.04. The van der Waals surface area contributed by atoms with Gasteiger partial charge in [-0.2, -0.15) is 13.2 Å². The number of benzene rings is 1. The Kier molecular flexibility index (Phi) is 5.99. The van der Waals surface area contributed by atoms with Gasteiger partial charge in [-0.1, -0.05) is 58.0 Å². The van der Waals surface area contributed by atoms with Gasteiger partial charge >= 0.3 is 12.1 Å². The number of amides is 1. The van der Waals surface area contributed by atoms with Gasteiger partial charge in [0.1, 0.15) is 9.75 Å². The summed E-state index contributed by atoms with van der Waals surface area (Å²) in [6.45, 7) is 0. The minimum absolute atomic E-state index is 0.252. The summed E-state index contributed by atoms with van der Waals surface area (Å²) in [6, 6.07) is 2.18. The standard InChI is InChI=1S/C16H7Cl7F3NO3/c17-5-2-1-4(15(24,25)26)3-6(5)27-11(28)7-8(12(29)30)14(21)10(19)9(18)13(7,20)16(14,22)23/h1-3,7-8H,(H,27,28)(H,29,30)/t7-,8+,13-,14-/m1/s1. The number of carboxylic acids is 1. The van der Waals surface area contributed by atoms with Crippen LogP contribution in [0.1, 0.15) is 5.56 Å². The molecule has 0 saturated heterocycles. The van der Waals surface area contributed by atoms with Gasteiger partial charge in [-0.3, -0.25) is 9.59 Å². The molecule has 1 aromatic rings. The predicted octanol–water partition coefficient (Wildman–Crippen LogP) is 6.46. The number of aliphatic carboxylic acids is 1. The minimum Gasteiger partial charge on any atom is -0.481 e. The lowest BCUT2D eigenvalue weighted by Crippen LogP contribution is -2.47. The van der Waals surface area contributed by atoms with E-state index in [1.54, 1.807) is 0 Å². The van der Waals surface area contributed by atoms with E-state index in [0.717, 1.165) is 6.07 Å². The van der Waals surface area contributed by atoms with Crippen molar-refractivity contribution in [3.63, 3.8) is 0 Å². The molecule has 0 aromatic heterocycles. The van der Waals surface area contributed by atoms with Gasteiger partial charge in [-0.25, -0.2) is 0 Å². The van der Waals surface area contributed by atoms with Crippen LogP contribution in [0, 0.1) is 11.8 Å². The van der Waals surface area contributed by atoms with Crippen LogP contribution >= 0.6 is 81.2 Å². The maximum atomic E-state index is 13.0. The SMILES string of the molecule is O=C(O)[C@@H]1[C@H](C(=O)Nc2cc(C(F)(F)F)ccc2Cl)[C@@]2(Cl)C(Cl)=C(Cl)[C@@]1(Cl)C2(Cl)Cl. The van der Waals surface area contributed by atoms with Crippen molar-refractivity contribution in [1.82, 2.24) is 0 Å². The molecule has 30 heavy (non-hydrogen) atoms. The number of carbonyl (C=O) groups is 2. The van der Waals surface area contributed by atoms with E-state index in [2.05, 4.69) is 5.32 Å². The van der Waals surface area contributed by atoms with E-state index in [1.165, 1.54) is 0 Å². The number of rotatable bonds is 3. The van der Waals surface area contributed by atoms with Gasteiger partial charge in [-0.15, -0.1) is 23.2 Å². The number of anilines is 1. The van der Waals surface area contributed by atoms with Crippen LogP contribution in [0.25, 0.3) is 0 Å². The molecule has 0 unspecified atom stereocenters. The Balaban J connectivity index is 2.10. The zero-order chi connectivity index (χ0) is 23.0. The Labute approximate surface area is 202 Å². The lowest BCUT2D eigenvalue weighted by molar-refractivity contribution is -0.146. The van der Waals surface area contributed by atoms with Crippen LogP contribution in [0.2, 0.25) is 5.02 Å². The van der Waals surface area contributed by atoms with Crippen molar-refractivity contribution in [2.24, 2.45) is 11.8 Å². The molecular formula is C16H7Cl7F3NO3. The summed E-state index contributed by atoms with van der Waals surface area (Å²) in [5.41, 5.74) is -1.56. The predicted molar refractivity (Wildman–Crippen MR) is 110 cm³/mol. The normalized spacial score (nSPS) is 32.5. The number of carboxylic acid groups (broad SMARTS) is 1. The first-order valence-electron chi connectivity index (χ1n) is 7.75. The Bertz CT molecular complexity index is 999. The van der Waals surface area contributed by atoms with Gasteiger partial charge in [0.05, 0.1) is 38.2 Å². The molecule has 1 fully saturated rings. The van der Waals surface area contributed by atoms with E-state index < -0.39 is 65.3 Å². The molecule has 0 aliphatic heterocycles. The number of carbonyl (C=O) groups excluding carboxylic acids is 1. The number of alkyl halides is 7. The van der Waals surface area contributed by atoms with Gasteiger partial charge in [-0.05, 0) is 18.2 Å². The number of fused-ring (bicyclic) bond motifs is 2. The smallest absolute Gasteiger partial charge is 0.416 e. The molecule has 3 rings (SSSR count). The van der Waals surface area contributed by atoms with Gasteiger partial charge in [0.15, 0.2) is 4.33 Å². The fourth-order valence-corrected chi connectivity index (χ4v) is 6.74. The summed E-state index contributed by atoms with van der Waals surface area (Å²) in [4.78, 5) is 20.4. The average Bonchev–Trinajstić information content (AvgIpc) is 2.82. The van der Waals surface area contributed by atoms with Crippen LogP contribution < -0.4 is 5.32 Å². The van der Waals surface area contributed by atoms with Crippen molar-refractivity contribution in [2.45, 2.75) is 20.3 Å². The van der Waals surface area contributed by atoms with Crippen LogP contribution in [-0.4, -0.2) is 31.1 Å². The highest BCUT2D eigenvalue weighted by atomic mass is 35.5. The monoisotopic (exact) mass is 563 g/mol. The summed E-state index contributed by atoms with van der Waals surface area (Å²) in [5.74, 6) is -6.49. The lowest BCUT2D eigenvalue weighted by Gasteiger charge is -2.33. The van der Waals surface area contributed by atoms with Crippen LogP contribution in [-0.2, 0) is 15.8 Å². The first-order chi connectivity index (χ1) is 13.5. The Morgan fingerprint density at radius 1 is 0.967 bits per heavy atom. The van der Waals surface area contributed by atoms with Crippen molar-refractivity contribution in [3.8, 4) is 0 Å². The largest absolute Gasteiger partial charge is 0.481 e. The fraction of sp³-hybridized carbons (Fsp3) is 0.375. The highest BCUT2D eigenvalue weighted by Crippen LogP contribution is 2.76. The van der Waals surface area contributed by atoms with Crippen LogP contribution in [0.5, 0.6) is 0 Å². The highest BCUT2D eigenvalue weighted by molar-refractivity contribution is 6.66. The molecule has 0 spiro atoms. The zero-order valence-corrected chi connectivity index (χ0v) is 19.2. The van der Waals surface area contributed by atoms with E-state index in [4.69, 9.17) is 81.2 Å². The molecule has 0 heterocycles. The van der Waals surface area contributed by atoms with E-state index in [9.17, 15) is 27.9 Å². The molecule has 1 amide bonds. The molecular weight excluding hydrogens is 559 g/mol. The number of hydrogen-bond acceptors (Lipinski definition) is 2. The second kappa shape index (κ2) is 7.37. The van der Waals surface area contributed by atoms with Crippen LogP contribution in [0.4, 0.5) is 18.9 Å². The van der Waals surface area contributed by atoms with Crippen LogP contribution in [0.3, 0.4) is 0 Å². The number of halogens is 10. The van der Waals surface area contributed by atoms with Crippen LogP contribution in [0.15, 0.2) is 28.3 Å². The van der Waals surface area contributed by atoms with Crippen molar-refractivity contribution in [3.05, 3.63) is 38.8 Å². The quantitative estimate of drug-likeness (QED) is 0.413. The third kappa shape index (κ3) is 3.04. The Morgan fingerprint density at radius 2 is 1.47 bits per heavy atom. The first kappa shape index (κ1) is 24.4. The summed E-state index contributed by atoms with van der Waals surface area (Å²) >= 11 is 43.5. The van der Waals surface area contributed by atoms with Gasteiger partial charge in [0, 0.05) is 0 Å². The highest BCUT2D eigenvalue weighted by Gasteiger charge is 2.85. The van der Waals surface area contributed by atoms with E-state index in [1.807, 2.05) is 0 Å². The summed E-state index contributed by atoms with van der Waals surface area (Å²) in [6.07, 6.45) is -4.73. The lowest BCUT2D eigenvalue weighted by atomic mass is 9.81. The maximum Gasteiger partial charge on any atom is 0.416 e. The second-order valence-electron chi connectivity index (χ2n) is 6.60. The van der Waals surface area contributed by atoms with E-state index in [0.29, 0.717) is 12.1 Å². The van der Waals surface area contributed by atoms with Crippen molar-refractivity contribution in [1.29, 1.82) is 0 Å². The molecule has 4 nitrogen and oxygen atoms in total. The van der Waals surface area contributed by atoms with Crippen molar-refractivity contribution >= 4 is 98.8 Å². The molecule has 2 bridgehead atoms. The number of nitrogens with one attached hydrogen (secondary N) is 1. The van der Waals surface area contributed by atoms with E-state index >= 15 is 0 Å². The minimum atomic E-state index is -4.73. The molecule has 0 radical (unpaired) electrons. The third-order valence-corrected chi connectivity index (χ3v) is 9.62. The summed E-state index contributed by atoms with van der Waals surface area (Å²) in [7, 11) is 0. The van der Waals surface area contributed by atoms with Crippen molar-refractivity contribution in [2.75, 3.05) is 5.32 Å². The molecule has 14 heteroatoms. The number of allylic oxidation sites excluding steroid dienone is 2. The fourth-order valence-electron chi connectivity index (χ4n) is 3.64. The molecule has 1 saturated carbocycles. The molecule has 2 aliphatic carbocycles. The van der Waals surface area contributed by atoms with Gasteiger partial charge < -0.3 is 10.4 Å². The molecule has 2 aliphatic rings. The van der Waals surface area contributed by atoms with Gasteiger partial charge in [0.25, 0.3) is 0 Å². The van der Waals surface area contributed by atoms with E-state index in [-0.39, 0.29) is 5.02 Å². The number of hydrogen-bond donors (Lipinski definition) is 2. The van der Waals surface area contributed by atoms with Gasteiger partial charge in [0.2, 0.25) is 5.91 Å². The summed E-state index contributed by atoms with van der Waals surface area (Å²) in [5, 5.41) is 10.7. The Morgan fingerprint density at radius 3 is 1.93 bits per heavy atom. The average molecular weight is 566 g/mol. The maximum absolute atomic E-state index is 13.0. The molecule has 2 N–H and O–H groups in total. The molecule has 164 valence electrons. The summed E-state index contributed by atoms with van der Waals surface area (Å²) < 4.78 is 36.6. The topological polar surface area (TPSA) is 66.4 Å². The molecule has 4 atom stereocenters. The first-order valence-corrected chi connectivity index (χ1v) is 10.4. The Hall–Kier alpha value is -0.280.